The van der Waals surface area contributed by atoms with Gasteiger partial charge in [0, 0.05) is 11.1 Å². The van der Waals surface area contributed by atoms with Crippen LogP contribution in [0.2, 0.25) is 0 Å². The number of sulfone groups is 1. The highest BCUT2D eigenvalue weighted by molar-refractivity contribution is 7.94. The van der Waals surface area contributed by atoms with Gasteiger partial charge in [0.05, 0.1) is 16.2 Å². The first-order chi connectivity index (χ1) is 6.92. The number of rotatable bonds is 2. The quantitative estimate of drug-likeness (QED) is 0.760. The van der Waals surface area contributed by atoms with Crippen molar-refractivity contribution in [2.45, 2.75) is 18.7 Å². The van der Waals surface area contributed by atoms with Crippen LogP contribution < -0.4 is 0 Å². The summed E-state index contributed by atoms with van der Waals surface area (Å²) in [5, 5.41) is 9.70. The van der Waals surface area contributed by atoms with Gasteiger partial charge in [0.1, 0.15) is 6.07 Å². The molecule has 0 saturated carbocycles. The maximum atomic E-state index is 11.6. The summed E-state index contributed by atoms with van der Waals surface area (Å²) in [5.74, 6) is 0. The highest BCUT2D eigenvalue weighted by atomic mass is 32.2. The normalized spacial score (nSPS) is 10.7. The first kappa shape index (κ1) is 11.4. The maximum absolute atomic E-state index is 11.6. The lowest BCUT2D eigenvalue weighted by Crippen LogP contribution is -2.04. The zero-order valence-electron chi connectivity index (χ0n) is 8.48. The van der Waals surface area contributed by atoms with E-state index in [2.05, 4.69) is 11.6 Å². The molecule has 0 N–H and O–H groups in total. The van der Waals surface area contributed by atoms with Crippen LogP contribution in [0.5, 0.6) is 0 Å². The van der Waals surface area contributed by atoms with Gasteiger partial charge >= 0.3 is 0 Å². The van der Waals surface area contributed by atoms with E-state index >= 15 is 0 Å². The minimum absolute atomic E-state index is 0.0231. The van der Waals surface area contributed by atoms with E-state index in [4.69, 9.17) is 5.26 Å². The van der Waals surface area contributed by atoms with Gasteiger partial charge in [-0.25, -0.2) is 8.42 Å². The van der Waals surface area contributed by atoms with Gasteiger partial charge in [0.25, 0.3) is 0 Å². The van der Waals surface area contributed by atoms with Gasteiger partial charge in [-0.05, 0) is 19.9 Å². The SMILES string of the molecule is C=CS(=O)(=O)c1cc(C)nc(C)c1C#N. The Bertz CT molecular complexity index is 554. The summed E-state index contributed by atoms with van der Waals surface area (Å²) in [4.78, 5) is 4.01. The standard InChI is InChI=1S/C10H10N2O2S/c1-4-15(13,14)10-5-7(2)12-8(3)9(10)6-11/h4-5H,1H2,2-3H3. The average molecular weight is 222 g/mol. The largest absolute Gasteiger partial charge is 0.257 e. The summed E-state index contributed by atoms with van der Waals surface area (Å²) in [5.41, 5.74) is 1.06. The van der Waals surface area contributed by atoms with Crippen LogP contribution in [-0.4, -0.2) is 13.4 Å². The number of nitrogens with zero attached hydrogens (tertiary/aromatic N) is 2. The fourth-order valence-electron chi connectivity index (χ4n) is 1.24. The molecule has 0 fully saturated rings. The molecule has 0 aliphatic carbocycles. The van der Waals surface area contributed by atoms with Crippen LogP contribution in [0.3, 0.4) is 0 Å². The summed E-state index contributed by atoms with van der Waals surface area (Å²) in [6.07, 6.45) is 0. The summed E-state index contributed by atoms with van der Waals surface area (Å²) < 4.78 is 23.2. The minimum atomic E-state index is -3.58. The van der Waals surface area contributed by atoms with Gasteiger partial charge in [-0.1, -0.05) is 6.58 Å². The van der Waals surface area contributed by atoms with Crippen molar-refractivity contribution in [2.24, 2.45) is 0 Å². The third-order valence-corrected chi connectivity index (χ3v) is 3.30. The number of pyridine rings is 1. The predicted molar refractivity (Wildman–Crippen MR) is 55.8 cm³/mol. The van der Waals surface area contributed by atoms with Gasteiger partial charge in [0.15, 0.2) is 0 Å². The van der Waals surface area contributed by atoms with Crippen molar-refractivity contribution >= 4 is 9.84 Å². The molecule has 0 radical (unpaired) electrons. The number of nitriles is 1. The molecular formula is C10H10N2O2S. The van der Waals surface area contributed by atoms with Crippen LogP contribution in [-0.2, 0) is 9.84 Å². The van der Waals surface area contributed by atoms with Crippen LogP contribution in [0, 0.1) is 25.2 Å². The molecule has 0 aliphatic heterocycles. The highest BCUT2D eigenvalue weighted by Crippen LogP contribution is 2.20. The number of aromatic nitrogens is 1. The van der Waals surface area contributed by atoms with E-state index in [1.54, 1.807) is 13.8 Å². The van der Waals surface area contributed by atoms with Crippen LogP contribution in [0.15, 0.2) is 22.9 Å². The topological polar surface area (TPSA) is 70.8 Å². The Hall–Kier alpha value is -1.67. The van der Waals surface area contributed by atoms with Gasteiger partial charge in [-0.3, -0.25) is 4.98 Å². The van der Waals surface area contributed by atoms with Gasteiger partial charge < -0.3 is 0 Å². The second kappa shape index (κ2) is 3.83. The Morgan fingerprint density at radius 2 is 2.13 bits per heavy atom. The molecular weight excluding hydrogens is 212 g/mol. The lowest BCUT2D eigenvalue weighted by atomic mass is 10.2. The van der Waals surface area contributed by atoms with E-state index in [1.165, 1.54) is 6.07 Å². The first-order valence-electron chi connectivity index (χ1n) is 4.18. The zero-order chi connectivity index (χ0) is 11.6. The van der Waals surface area contributed by atoms with Crippen LogP contribution in [0.25, 0.3) is 0 Å². The molecule has 0 aliphatic rings. The molecule has 1 aromatic rings. The molecule has 0 spiro atoms. The number of aryl methyl sites for hydroxylation is 2. The monoisotopic (exact) mass is 222 g/mol. The molecule has 15 heavy (non-hydrogen) atoms. The molecule has 0 unspecified atom stereocenters. The first-order valence-corrected chi connectivity index (χ1v) is 5.73. The number of hydrogen-bond acceptors (Lipinski definition) is 4. The molecule has 4 nitrogen and oxygen atoms in total. The Morgan fingerprint density at radius 3 is 2.60 bits per heavy atom. The Labute approximate surface area is 88.8 Å². The van der Waals surface area contributed by atoms with Crippen molar-refractivity contribution in [1.29, 1.82) is 5.26 Å². The van der Waals surface area contributed by atoms with E-state index in [-0.39, 0.29) is 10.5 Å². The lowest BCUT2D eigenvalue weighted by Gasteiger charge is -2.05. The van der Waals surface area contributed by atoms with Gasteiger partial charge in [-0.2, -0.15) is 5.26 Å². The van der Waals surface area contributed by atoms with Gasteiger partial charge in [0.2, 0.25) is 9.84 Å². The Morgan fingerprint density at radius 1 is 1.53 bits per heavy atom. The second-order valence-electron chi connectivity index (χ2n) is 3.05. The van der Waals surface area contributed by atoms with Crippen molar-refractivity contribution in [1.82, 2.24) is 4.98 Å². The molecule has 0 saturated heterocycles. The van der Waals surface area contributed by atoms with Crippen molar-refractivity contribution in [3.63, 3.8) is 0 Å². The Balaban J connectivity index is 3.70. The zero-order valence-corrected chi connectivity index (χ0v) is 9.30. The van der Waals surface area contributed by atoms with Gasteiger partial charge in [-0.15, -0.1) is 0 Å². The average Bonchev–Trinajstić information content (AvgIpc) is 2.16. The van der Waals surface area contributed by atoms with Crippen molar-refractivity contribution in [3.05, 3.63) is 35.0 Å². The predicted octanol–water partition coefficient (Wildman–Crippen LogP) is 1.49. The summed E-state index contributed by atoms with van der Waals surface area (Å²) in [7, 11) is -3.58. The molecule has 0 aromatic carbocycles. The van der Waals surface area contributed by atoms with Crippen molar-refractivity contribution in [2.75, 3.05) is 0 Å². The highest BCUT2D eigenvalue weighted by Gasteiger charge is 2.18. The molecule has 1 rings (SSSR count). The van der Waals surface area contributed by atoms with E-state index in [0.717, 1.165) is 5.41 Å². The summed E-state index contributed by atoms with van der Waals surface area (Å²) in [6.45, 7) is 6.51. The molecule has 78 valence electrons. The van der Waals surface area contributed by atoms with E-state index < -0.39 is 9.84 Å². The fraction of sp³-hybridized carbons (Fsp3) is 0.200. The fourth-order valence-corrected chi connectivity index (χ4v) is 2.24. The maximum Gasteiger partial charge on any atom is 0.200 e. The Kier molecular flexibility index (Phi) is 2.91. The molecule has 5 heteroatoms. The van der Waals surface area contributed by atoms with Crippen molar-refractivity contribution < 1.29 is 8.42 Å². The van der Waals surface area contributed by atoms with Crippen LogP contribution >= 0.6 is 0 Å². The summed E-state index contributed by atoms with van der Waals surface area (Å²) in [6, 6.07) is 3.22. The molecule has 1 aromatic heterocycles. The molecule has 0 bridgehead atoms. The smallest absolute Gasteiger partial charge is 0.200 e. The van der Waals surface area contributed by atoms with Crippen molar-refractivity contribution in [3.8, 4) is 6.07 Å². The van der Waals surface area contributed by atoms with Crippen LogP contribution in [0.1, 0.15) is 17.0 Å². The molecule has 0 atom stereocenters. The minimum Gasteiger partial charge on any atom is -0.257 e. The lowest BCUT2D eigenvalue weighted by molar-refractivity contribution is 0.604. The molecule has 1 heterocycles. The summed E-state index contributed by atoms with van der Waals surface area (Å²) >= 11 is 0. The second-order valence-corrected chi connectivity index (χ2v) is 4.91. The van der Waals surface area contributed by atoms with E-state index in [1.807, 2.05) is 6.07 Å². The molecule has 0 amide bonds. The van der Waals surface area contributed by atoms with Crippen LogP contribution in [0.4, 0.5) is 0 Å². The third kappa shape index (κ3) is 2.05. The van der Waals surface area contributed by atoms with E-state index in [0.29, 0.717) is 11.4 Å². The number of hydrogen-bond donors (Lipinski definition) is 0. The van der Waals surface area contributed by atoms with E-state index in [9.17, 15) is 8.42 Å². The third-order valence-electron chi connectivity index (χ3n) is 1.93.